The Bertz CT molecular complexity index is 563. The van der Waals surface area contributed by atoms with Crippen molar-refractivity contribution in [3.05, 3.63) is 53.7 Å². The van der Waals surface area contributed by atoms with Crippen LogP contribution < -0.4 is 26.9 Å². The number of aromatic nitrogens is 1. The fourth-order valence-corrected chi connectivity index (χ4v) is 1.74. The van der Waals surface area contributed by atoms with Crippen LogP contribution in [0.5, 0.6) is 5.88 Å². The molecule has 2 aromatic rings. The highest BCUT2D eigenvalue weighted by Gasteiger charge is 2.05. The topological polar surface area (TPSA) is 101 Å². The van der Waals surface area contributed by atoms with Crippen molar-refractivity contribution in [3.63, 3.8) is 0 Å². The summed E-state index contributed by atoms with van der Waals surface area (Å²) < 4.78 is 5.66. The first-order chi connectivity index (χ1) is 10.7. The average molecular weight is 303 g/mol. The summed E-state index contributed by atoms with van der Waals surface area (Å²) in [5, 5.41) is 3.17. The molecular weight excluding hydrogens is 282 g/mol. The molecule has 1 amide bonds. The molecule has 5 N–H and O–H groups in total. The van der Waals surface area contributed by atoms with E-state index in [9.17, 15) is 0 Å². The zero-order valence-corrected chi connectivity index (χ0v) is 12.7. The molecule has 0 spiro atoms. The minimum atomic E-state index is 0.444. The predicted molar refractivity (Wildman–Crippen MR) is 85.8 cm³/mol. The number of nitrogens with one attached hydrogen (secondary N) is 3. The van der Waals surface area contributed by atoms with Crippen molar-refractivity contribution in [1.82, 2.24) is 15.9 Å². The van der Waals surface area contributed by atoms with Gasteiger partial charge >= 0.3 is 0 Å². The Morgan fingerprint density at radius 3 is 2.64 bits per heavy atom. The molecule has 0 radical (unpaired) electrons. The lowest BCUT2D eigenvalue weighted by molar-refractivity contribution is -0.110. The van der Waals surface area contributed by atoms with Gasteiger partial charge in [0.05, 0.1) is 0 Å². The van der Waals surface area contributed by atoms with E-state index >= 15 is 0 Å². The summed E-state index contributed by atoms with van der Waals surface area (Å²) in [5.41, 5.74) is 7.34. The van der Waals surface area contributed by atoms with Gasteiger partial charge in [0, 0.05) is 30.6 Å². The quantitative estimate of drug-likeness (QED) is 0.362. The second-order valence-corrected chi connectivity index (χ2v) is 4.21. The highest BCUT2D eigenvalue weighted by Crippen LogP contribution is 2.20. The third kappa shape index (κ3) is 5.78. The van der Waals surface area contributed by atoms with Gasteiger partial charge < -0.3 is 10.1 Å². The van der Waals surface area contributed by atoms with E-state index in [2.05, 4.69) is 29.1 Å². The fraction of sp³-hybridized carbons (Fsp3) is 0.200. The summed E-state index contributed by atoms with van der Waals surface area (Å²) in [7, 11) is 1.92. The van der Waals surface area contributed by atoms with E-state index < -0.39 is 0 Å². The van der Waals surface area contributed by atoms with Crippen molar-refractivity contribution >= 4 is 12.1 Å². The number of benzene rings is 1. The van der Waals surface area contributed by atoms with Crippen molar-refractivity contribution in [2.75, 3.05) is 12.4 Å². The number of ether oxygens (including phenoxy) is 1. The van der Waals surface area contributed by atoms with E-state index in [1.165, 1.54) is 11.1 Å². The number of anilines is 1. The summed E-state index contributed by atoms with van der Waals surface area (Å²) in [5.74, 6) is 5.20. The van der Waals surface area contributed by atoms with Gasteiger partial charge in [-0.15, -0.1) is 0 Å². The van der Waals surface area contributed by atoms with Crippen molar-refractivity contribution < 1.29 is 9.53 Å². The number of carbonyl (C=O) groups is 1. The third-order valence-electron chi connectivity index (χ3n) is 2.82. The molecule has 22 heavy (non-hydrogen) atoms. The molecule has 7 heteroatoms. The molecule has 0 fully saturated rings. The number of nitrogens with zero attached hydrogens (tertiary/aromatic N) is 1. The molecule has 2 rings (SSSR count). The molecule has 0 saturated heterocycles. The lowest BCUT2D eigenvalue weighted by atomic mass is 10.1. The monoisotopic (exact) mass is 303 g/mol. The number of amides is 1. The summed E-state index contributed by atoms with van der Waals surface area (Å²) in [4.78, 5) is 13.3. The fourth-order valence-electron chi connectivity index (χ4n) is 1.74. The van der Waals surface area contributed by atoms with Gasteiger partial charge in [-0.25, -0.2) is 4.98 Å². The third-order valence-corrected chi connectivity index (χ3v) is 2.82. The lowest BCUT2D eigenvalue weighted by Crippen LogP contribution is -2.36. The Hall–Kier alpha value is -2.64. The van der Waals surface area contributed by atoms with Gasteiger partial charge in [-0.1, -0.05) is 18.2 Å². The lowest BCUT2D eigenvalue weighted by Gasteiger charge is -2.12. The molecule has 1 heterocycles. The van der Waals surface area contributed by atoms with Gasteiger partial charge in [0.2, 0.25) is 12.3 Å². The Morgan fingerprint density at radius 2 is 2.09 bits per heavy atom. The largest absolute Gasteiger partial charge is 0.473 e. The van der Waals surface area contributed by atoms with Crippen LogP contribution in [0.25, 0.3) is 0 Å². The van der Waals surface area contributed by atoms with Crippen LogP contribution in [-0.4, -0.2) is 18.4 Å². The predicted octanol–water partition coefficient (Wildman–Crippen LogP) is 1.12. The molecule has 1 aromatic heterocycles. The van der Waals surface area contributed by atoms with Gasteiger partial charge in [-0.3, -0.25) is 16.1 Å². The first kappa shape index (κ1) is 17.4. The van der Waals surface area contributed by atoms with Crippen LogP contribution in [0.4, 0.5) is 5.69 Å². The number of aryl methyl sites for hydroxylation is 1. The normalized spacial score (nSPS) is 9.23. The number of nitrogens with two attached hydrogens (primary N) is 1. The molecule has 7 nitrogen and oxygen atoms in total. The molecule has 0 aliphatic rings. The highest BCUT2D eigenvalue weighted by molar-refractivity contribution is 5.53. The van der Waals surface area contributed by atoms with Gasteiger partial charge in [0.15, 0.2) is 0 Å². The van der Waals surface area contributed by atoms with Crippen molar-refractivity contribution in [1.29, 1.82) is 0 Å². The minimum absolute atomic E-state index is 0.444. The molecule has 0 aliphatic heterocycles. The smallest absolute Gasteiger partial charge is 0.222 e. The molecule has 0 atom stereocenters. The molecule has 0 bridgehead atoms. The molecule has 118 valence electrons. The van der Waals surface area contributed by atoms with Crippen LogP contribution in [0, 0.1) is 6.92 Å². The molecule has 0 aliphatic carbocycles. The van der Waals surface area contributed by atoms with Crippen molar-refractivity contribution in [2.24, 2.45) is 5.84 Å². The van der Waals surface area contributed by atoms with Crippen LogP contribution >= 0.6 is 0 Å². The number of hydrazine groups is 2. The molecule has 0 unspecified atom stereocenters. The van der Waals surface area contributed by atoms with Crippen LogP contribution in [0.15, 0.2) is 42.6 Å². The van der Waals surface area contributed by atoms with Crippen LogP contribution in [0.3, 0.4) is 0 Å². The maximum absolute atomic E-state index is 9.15. The zero-order chi connectivity index (χ0) is 16.2. The van der Waals surface area contributed by atoms with Crippen LogP contribution in [0.2, 0.25) is 0 Å². The number of rotatable bonds is 6. The van der Waals surface area contributed by atoms with E-state index in [0.717, 1.165) is 5.69 Å². The Kier molecular flexibility index (Phi) is 8.02. The summed E-state index contributed by atoms with van der Waals surface area (Å²) >= 11 is 0. The van der Waals surface area contributed by atoms with Crippen molar-refractivity contribution in [2.45, 2.75) is 13.5 Å². The highest BCUT2D eigenvalue weighted by atomic mass is 16.5. The molecule has 0 saturated carbocycles. The summed E-state index contributed by atoms with van der Waals surface area (Å²) in [6.45, 7) is 2.61. The number of carbonyl (C=O) groups excluding carboxylic acids is 1. The number of hydrogen-bond donors (Lipinski definition) is 4. The Labute approximate surface area is 129 Å². The minimum Gasteiger partial charge on any atom is -0.473 e. The van der Waals surface area contributed by atoms with E-state index in [-0.39, 0.29) is 0 Å². The maximum Gasteiger partial charge on any atom is 0.222 e. The summed E-state index contributed by atoms with van der Waals surface area (Å²) in [6, 6.07) is 11.8. The van der Waals surface area contributed by atoms with Crippen LogP contribution in [0.1, 0.15) is 11.1 Å². The number of pyridine rings is 1. The van der Waals surface area contributed by atoms with E-state index in [1.54, 1.807) is 6.20 Å². The van der Waals surface area contributed by atoms with Gasteiger partial charge in [0.1, 0.15) is 6.61 Å². The standard InChI is InChI=1S/C14H16N2O.CH5N3O/c1-11-6-5-7-13(15-2)12(11)10-17-14-8-3-4-9-16-14;2-4-3-1-5/h3-9,15H,10H2,1-2H3;1,4H,2H2,(H,3,5). The van der Waals surface area contributed by atoms with Gasteiger partial charge in [-0.2, -0.15) is 5.53 Å². The SMILES string of the molecule is CNc1cccc(C)c1COc1ccccn1.NNNC=O. The summed E-state index contributed by atoms with van der Waals surface area (Å²) in [6.07, 6.45) is 2.17. The first-order valence-electron chi connectivity index (χ1n) is 6.67. The second-order valence-electron chi connectivity index (χ2n) is 4.21. The number of hydrogen-bond acceptors (Lipinski definition) is 6. The second kappa shape index (κ2) is 10.1. The molecular formula is C15H21N5O2. The first-order valence-corrected chi connectivity index (χ1v) is 6.67. The zero-order valence-electron chi connectivity index (χ0n) is 12.7. The molecule has 1 aromatic carbocycles. The van der Waals surface area contributed by atoms with E-state index in [4.69, 9.17) is 9.53 Å². The van der Waals surface area contributed by atoms with Crippen molar-refractivity contribution in [3.8, 4) is 5.88 Å². The van der Waals surface area contributed by atoms with Gasteiger partial charge in [0.25, 0.3) is 0 Å². The van der Waals surface area contributed by atoms with E-state index in [1.807, 2.05) is 48.3 Å². The van der Waals surface area contributed by atoms with E-state index in [0.29, 0.717) is 18.9 Å². The Morgan fingerprint density at radius 1 is 1.27 bits per heavy atom. The van der Waals surface area contributed by atoms with Gasteiger partial charge in [-0.05, 0) is 24.6 Å². The Balaban J connectivity index is 0.000000422. The van der Waals surface area contributed by atoms with Crippen LogP contribution in [-0.2, 0) is 11.4 Å². The average Bonchev–Trinajstić information content (AvgIpc) is 2.56. The maximum atomic E-state index is 9.15.